The van der Waals surface area contributed by atoms with Gasteiger partial charge in [0.1, 0.15) is 0 Å². The van der Waals surface area contributed by atoms with Crippen molar-refractivity contribution in [2.45, 2.75) is 39.7 Å². The highest BCUT2D eigenvalue weighted by atomic mass is 32.1. The van der Waals surface area contributed by atoms with E-state index in [0.29, 0.717) is 5.92 Å². The van der Waals surface area contributed by atoms with Crippen molar-refractivity contribution >= 4 is 11.3 Å². The summed E-state index contributed by atoms with van der Waals surface area (Å²) >= 11 is 1.72. The molecule has 0 bridgehead atoms. The SMILES string of the molecule is CCC(Cc1csc(C)n1)C(C)N. The number of nitrogens with two attached hydrogens (primary N) is 1. The summed E-state index contributed by atoms with van der Waals surface area (Å²) in [6.45, 7) is 6.31. The molecule has 13 heavy (non-hydrogen) atoms. The Labute approximate surface area is 84.2 Å². The van der Waals surface area contributed by atoms with Gasteiger partial charge in [0.15, 0.2) is 0 Å². The molecular formula is C10H18N2S. The highest BCUT2D eigenvalue weighted by molar-refractivity contribution is 7.09. The monoisotopic (exact) mass is 198 g/mol. The van der Waals surface area contributed by atoms with Crippen LogP contribution in [0.1, 0.15) is 31.0 Å². The fraction of sp³-hybridized carbons (Fsp3) is 0.700. The molecule has 74 valence electrons. The first-order chi connectivity index (χ1) is 6.13. The van der Waals surface area contributed by atoms with Crippen LogP contribution in [0.15, 0.2) is 5.38 Å². The summed E-state index contributed by atoms with van der Waals surface area (Å²) in [5, 5.41) is 3.29. The predicted molar refractivity (Wildman–Crippen MR) is 58.0 cm³/mol. The third kappa shape index (κ3) is 3.08. The van der Waals surface area contributed by atoms with E-state index >= 15 is 0 Å². The van der Waals surface area contributed by atoms with Gasteiger partial charge in [-0.1, -0.05) is 13.3 Å². The number of thiazole rings is 1. The van der Waals surface area contributed by atoms with Crippen molar-refractivity contribution in [2.75, 3.05) is 0 Å². The van der Waals surface area contributed by atoms with Crippen LogP contribution in [-0.4, -0.2) is 11.0 Å². The second-order valence-corrected chi connectivity index (χ2v) is 4.65. The van der Waals surface area contributed by atoms with Gasteiger partial charge < -0.3 is 5.73 Å². The topological polar surface area (TPSA) is 38.9 Å². The Morgan fingerprint density at radius 2 is 2.31 bits per heavy atom. The van der Waals surface area contributed by atoms with E-state index in [1.54, 1.807) is 11.3 Å². The van der Waals surface area contributed by atoms with Crippen LogP contribution in [0.3, 0.4) is 0 Å². The highest BCUT2D eigenvalue weighted by Gasteiger charge is 2.13. The zero-order chi connectivity index (χ0) is 9.84. The number of rotatable bonds is 4. The average Bonchev–Trinajstić information content (AvgIpc) is 2.46. The first-order valence-corrected chi connectivity index (χ1v) is 5.68. The maximum Gasteiger partial charge on any atom is 0.0897 e. The summed E-state index contributed by atoms with van der Waals surface area (Å²) in [5.74, 6) is 0.571. The molecule has 1 aromatic rings. The molecule has 1 heterocycles. The van der Waals surface area contributed by atoms with Crippen LogP contribution in [0.2, 0.25) is 0 Å². The molecule has 0 aliphatic heterocycles. The lowest BCUT2D eigenvalue weighted by atomic mass is 9.94. The second kappa shape index (κ2) is 4.72. The van der Waals surface area contributed by atoms with Crippen LogP contribution in [0, 0.1) is 12.8 Å². The maximum atomic E-state index is 5.88. The van der Waals surface area contributed by atoms with Crippen molar-refractivity contribution in [3.05, 3.63) is 16.1 Å². The lowest BCUT2D eigenvalue weighted by molar-refractivity contribution is 0.424. The zero-order valence-corrected chi connectivity index (χ0v) is 9.40. The molecular weight excluding hydrogens is 180 g/mol. The second-order valence-electron chi connectivity index (χ2n) is 3.59. The summed E-state index contributed by atoms with van der Waals surface area (Å²) in [7, 11) is 0. The van der Waals surface area contributed by atoms with Crippen molar-refractivity contribution in [1.29, 1.82) is 0 Å². The zero-order valence-electron chi connectivity index (χ0n) is 8.58. The van der Waals surface area contributed by atoms with Gasteiger partial charge in [-0.05, 0) is 26.2 Å². The van der Waals surface area contributed by atoms with Crippen molar-refractivity contribution in [1.82, 2.24) is 4.98 Å². The van der Waals surface area contributed by atoms with Gasteiger partial charge in [0.05, 0.1) is 10.7 Å². The highest BCUT2D eigenvalue weighted by Crippen LogP contribution is 2.16. The lowest BCUT2D eigenvalue weighted by Gasteiger charge is -2.17. The number of hydrogen-bond donors (Lipinski definition) is 1. The van der Waals surface area contributed by atoms with E-state index in [4.69, 9.17) is 5.73 Å². The minimum atomic E-state index is 0.270. The summed E-state index contributed by atoms with van der Waals surface area (Å²) in [4.78, 5) is 4.44. The van der Waals surface area contributed by atoms with E-state index < -0.39 is 0 Å². The molecule has 1 rings (SSSR count). The molecule has 0 aromatic carbocycles. The van der Waals surface area contributed by atoms with E-state index in [1.165, 1.54) is 5.69 Å². The molecule has 0 fully saturated rings. The van der Waals surface area contributed by atoms with Crippen LogP contribution in [-0.2, 0) is 6.42 Å². The van der Waals surface area contributed by atoms with Crippen LogP contribution >= 0.6 is 11.3 Å². The van der Waals surface area contributed by atoms with E-state index in [1.807, 2.05) is 6.92 Å². The number of hydrogen-bond acceptors (Lipinski definition) is 3. The Balaban J connectivity index is 2.56. The smallest absolute Gasteiger partial charge is 0.0897 e. The van der Waals surface area contributed by atoms with Crippen molar-refractivity contribution in [2.24, 2.45) is 11.7 Å². The Morgan fingerprint density at radius 1 is 1.62 bits per heavy atom. The summed E-state index contributed by atoms with van der Waals surface area (Å²) in [6.07, 6.45) is 2.16. The molecule has 0 radical (unpaired) electrons. The van der Waals surface area contributed by atoms with E-state index in [-0.39, 0.29) is 6.04 Å². The van der Waals surface area contributed by atoms with E-state index in [9.17, 15) is 0 Å². The molecule has 2 N–H and O–H groups in total. The predicted octanol–water partition coefficient (Wildman–Crippen LogP) is 2.37. The summed E-state index contributed by atoms with van der Waals surface area (Å²) in [5.41, 5.74) is 7.08. The Hall–Kier alpha value is -0.410. The minimum absolute atomic E-state index is 0.270. The third-order valence-electron chi connectivity index (χ3n) is 2.41. The van der Waals surface area contributed by atoms with Gasteiger partial charge in [0.2, 0.25) is 0 Å². The van der Waals surface area contributed by atoms with Crippen molar-refractivity contribution in [3.63, 3.8) is 0 Å². The molecule has 3 heteroatoms. The summed E-state index contributed by atoms with van der Waals surface area (Å²) in [6, 6.07) is 0.270. The Morgan fingerprint density at radius 3 is 2.69 bits per heavy atom. The summed E-state index contributed by atoms with van der Waals surface area (Å²) < 4.78 is 0. The van der Waals surface area contributed by atoms with Crippen LogP contribution in [0.5, 0.6) is 0 Å². The fourth-order valence-electron chi connectivity index (χ4n) is 1.47. The molecule has 0 amide bonds. The number of nitrogens with zero attached hydrogens (tertiary/aromatic N) is 1. The third-order valence-corrected chi connectivity index (χ3v) is 3.23. The van der Waals surface area contributed by atoms with Crippen molar-refractivity contribution < 1.29 is 0 Å². The molecule has 0 aliphatic carbocycles. The number of aromatic nitrogens is 1. The van der Waals surface area contributed by atoms with Crippen LogP contribution in [0.25, 0.3) is 0 Å². The molecule has 2 nitrogen and oxygen atoms in total. The molecule has 0 saturated carbocycles. The molecule has 0 aliphatic rings. The molecule has 0 saturated heterocycles. The van der Waals surface area contributed by atoms with Crippen LogP contribution < -0.4 is 5.73 Å². The van der Waals surface area contributed by atoms with Gasteiger partial charge >= 0.3 is 0 Å². The Bertz CT molecular complexity index is 255. The molecule has 1 aromatic heterocycles. The lowest BCUT2D eigenvalue weighted by Crippen LogP contribution is -2.27. The van der Waals surface area contributed by atoms with E-state index in [2.05, 4.69) is 24.2 Å². The fourth-order valence-corrected chi connectivity index (χ4v) is 2.10. The molecule has 0 spiro atoms. The van der Waals surface area contributed by atoms with Gasteiger partial charge in [0, 0.05) is 11.4 Å². The molecule has 2 atom stereocenters. The molecule has 2 unspecified atom stereocenters. The van der Waals surface area contributed by atoms with Gasteiger partial charge in [-0.2, -0.15) is 0 Å². The van der Waals surface area contributed by atoms with Gasteiger partial charge in [-0.15, -0.1) is 11.3 Å². The van der Waals surface area contributed by atoms with E-state index in [0.717, 1.165) is 17.8 Å². The van der Waals surface area contributed by atoms with Crippen molar-refractivity contribution in [3.8, 4) is 0 Å². The largest absolute Gasteiger partial charge is 0.328 e. The average molecular weight is 198 g/mol. The normalized spacial score (nSPS) is 15.7. The number of aryl methyl sites for hydroxylation is 1. The van der Waals surface area contributed by atoms with Gasteiger partial charge in [-0.3, -0.25) is 0 Å². The maximum absolute atomic E-state index is 5.88. The first kappa shape index (κ1) is 10.7. The minimum Gasteiger partial charge on any atom is -0.328 e. The Kier molecular flexibility index (Phi) is 3.88. The van der Waals surface area contributed by atoms with Crippen LogP contribution in [0.4, 0.5) is 0 Å². The standard InChI is InChI=1S/C10H18N2S/c1-4-9(7(2)11)5-10-6-13-8(3)12-10/h6-7,9H,4-5,11H2,1-3H3. The first-order valence-electron chi connectivity index (χ1n) is 4.80. The van der Waals surface area contributed by atoms with Gasteiger partial charge in [-0.25, -0.2) is 4.98 Å². The van der Waals surface area contributed by atoms with Gasteiger partial charge in [0.25, 0.3) is 0 Å². The quantitative estimate of drug-likeness (QED) is 0.806.